The van der Waals surface area contributed by atoms with E-state index in [1.807, 2.05) is 0 Å². The lowest BCUT2D eigenvalue weighted by Crippen LogP contribution is -2.40. The third-order valence-electron chi connectivity index (χ3n) is 2.52. The summed E-state index contributed by atoms with van der Waals surface area (Å²) in [6.45, 7) is 0.145. The number of carboxylic acid groups (broad SMARTS) is 2. The fourth-order valence-electron chi connectivity index (χ4n) is 1.39. The second kappa shape index (κ2) is 7.19. The number of aliphatic carboxylic acids is 1. The summed E-state index contributed by atoms with van der Waals surface area (Å²) < 4.78 is 0. The van der Waals surface area contributed by atoms with Crippen molar-refractivity contribution in [2.24, 2.45) is 5.73 Å². The summed E-state index contributed by atoms with van der Waals surface area (Å²) in [5, 5.41) is 19.7. The van der Waals surface area contributed by atoms with Crippen molar-refractivity contribution < 1.29 is 24.6 Å². The largest absolute Gasteiger partial charge is 0.481 e. The molecule has 0 saturated heterocycles. The number of carboxylic acids is 2. The van der Waals surface area contributed by atoms with Crippen LogP contribution in [0.25, 0.3) is 0 Å². The van der Waals surface area contributed by atoms with Crippen molar-refractivity contribution in [1.29, 1.82) is 0 Å². The molecule has 0 saturated carbocycles. The molecule has 0 aromatic carbocycles. The molecule has 1 rings (SSSR count). The molecule has 1 heterocycles. The molecule has 0 aliphatic carbocycles. The van der Waals surface area contributed by atoms with E-state index in [-0.39, 0.29) is 25.1 Å². The molecule has 8 nitrogen and oxygen atoms in total. The van der Waals surface area contributed by atoms with Gasteiger partial charge in [-0.3, -0.25) is 9.59 Å². The molecule has 8 heteroatoms. The first-order valence-corrected chi connectivity index (χ1v) is 5.83. The normalized spacial score (nSPS) is 11.7. The van der Waals surface area contributed by atoms with Crippen molar-refractivity contribution in [3.8, 4) is 0 Å². The minimum atomic E-state index is -1.13. The molecule has 0 aliphatic heterocycles. The average molecular weight is 281 g/mol. The molecule has 1 aromatic rings. The lowest BCUT2D eigenvalue weighted by molar-refractivity contribution is -0.137. The molecule has 20 heavy (non-hydrogen) atoms. The van der Waals surface area contributed by atoms with Gasteiger partial charge in [0.15, 0.2) is 0 Å². The Morgan fingerprint density at radius 3 is 2.50 bits per heavy atom. The second-order valence-electron chi connectivity index (χ2n) is 4.11. The number of nitrogens with one attached hydrogen (secondary N) is 1. The van der Waals surface area contributed by atoms with Gasteiger partial charge in [-0.05, 0) is 18.1 Å². The van der Waals surface area contributed by atoms with E-state index in [0.717, 1.165) is 0 Å². The van der Waals surface area contributed by atoms with E-state index >= 15 is 0 Å². The number of nitrogens with zero attached hydrogens (tertiary/aromatic N) is 1. The zero-order valence-electron chi connectivity index (χ0n) is 10.6. The first kappa shape index (κ1) is 15.6. The number of carbonyl (C=O) groups is 3. The van der Waals surface area contributed by atoms with Gasteiger partial charge in [0.1, 0.15) is 5.69 Å². The van der Waals surface area contributed by atoms with Crippen molar-refractivity contribution in [1.82, 2.24) is 10.3 Å². The number of pyridine rings is 1. The highest BCUT2D eigenvalue weighted by Crippen LogP contribution is 2.01. The quantitative estimate of drug-likeness (QED) is 0.532. The van der Waals surface area contributed by atoms with Gasteiger partial charge in [0, 0.05) is 19.2 Å². The number of hydrogen-bond acceptors (Lipinski definition) is 5. The smallest absolute Gasteiger partial charge is 0.354 e. The van der Waals surface area contributed by atoms with E-state index in [1.165, 1.54) is 18.3 Å². The summed E-state index contributed by atoms with van der Waals surface area (Å²) >= 11 is 0. The number of rotatable bonds is 7. The molecule has 0 spiro atoms. The Balaban J connectivity index is 2.44. The standard InChI is InChI=1S/C12H15N3O5/c13-8(2-4-10(16)17)11(18)15-6-7-1-3-9(12(19)20)14-5-7/h1,3,5,8H,2,4,6,13H2,(H,15,18)(H,16,17)(H,19,20). The van der Waals surface area contributed by atoms with Crippen LogP contribution in [0.4, 0.5) is 0 Å². The molecule has 0 bridgehead atoms. The Kier molecular flexibility index (Phi) is 5.60. The summed E-state index contributed by atoms with van der Waals surface area (Å²) in [6, 6.07) is 1.96. The van der Waals surface area contributed by atoms with Crippen LogP contribution >= 0.6 is 0 Å². The number of aromatic carboxylic acids is 1. The summed E-state index contributed by atoms with van der Waals surface area (Å²) in [4.78, 5) is 36.2. The first-order valence-electron chi connectivity index (χ1n) is 5.83. The Hall–Kier alpha value is -2.48. The number of nitrogens with two attached hydrogens (primary N) is 1. The van der Waals surface area contributed by atoms with Gasteiger partial charge >= 0.3 is 11.9 Å². The highest BCUT2D eigenvalue weighted by atomic mass is 16.4. The third kappa shape index (κ3) is 5.02. The van der Waals surface area contributed by atoms with Crippen molar-refractivity contribution >= 4 is 17.8 Å². The second-order valence-corrected chi connectivity index (χ2v) is 4.11. The Bertz CT molecular complexity index is 500. The van der Waals surface area contributed by atoms with Gasteiger partial charge in [-0.25, -0.2) is 9.78 Å². The molecule has 108 valence electrons. The fourth-order valence-corrected chi connectivity index (χ4v) is 1.39. The monoisotopic (exact) mass is 281 g/mol. The lowest BCUT2D eigenvalue weighted by Gasteiger charge is -2.11. The van der Waals surface area contributed by atoms with E-state index in [1.54, 1.807) is 0 Å². The Morgan fingerprint density at radius 1 is 1.30 bits per heavy atom. The number of aromatic nitrogens is 1. The van der Waals surface area contributed by atoms with Crippen molar-refractivity contribution in [2.45, 2.75) is 25.4 Å². The maximum absolute atomic E-state index is 11.6. The van der Waals surface area contributed by atoms with Crippen LogP contribution in [0.2, 0.25) is 0 Å². The number of hydrogen-bond donors (Lipinski definition) is 4. The zero-order valence-corrected chi connectivity index (χ0v) is 10.6. The van der Waals surface area contributed by atoms with Crippen LogP contribution in [0, 0.1) is 0 Å². The molecule has 0 fully saturated rings. The molecule has 0 radical (unpaired) electrons. The van der Waals surface area contributed by atoms with E-state index in [4.69, 9.17) is 15.9 Å². The Morgan fingerprint density at radius 2 is 2.00 bits per heavy atom. The molecule has 5 N–H and O–H groups in total. The topological polar surface area (TPSA) is 143 Å². The van der Waals surface area contributed by atoms with Crippen LogP contribution in [0.1, 0.15) is 28.9 Å². The molecule has 1 amide bonds. The molecule has 1 atom stereocenters. The minimum absolute atomic E-state index is 0.0529. The van der Waals surface area contributed by atoms with Gasteiger partial charge in [0.25, 0.3) is 0 Å². The third-order valence-corrected chi connectivity index (χ3v) is 2.52. The van der Waals surface area contributed by atoms with E-state index in [0.29, 0.717) is 5.56 Å². The summed E-state index contributed by atoms with van der Waals surface area (Å²) in [7, 11) is 0. The lowest BCUT2D eigenvalue weighted by atomic mass is 10.1. The van der Waals surface area contributed by atoms with Gasteiger partial charge < -0.3 is 21.3 Å². The highest BCUT2D eigenvalue weighted by Gasteiger charge is 2.14. The summed E-state index contributed by atoms with van der Waals surface area (Å²) in [5.74, 6) is -2.61. The molecular formula is C12H15N3O5. The molecular weight excluding hydrogens is 266 g/mol. The minimum Gasteiger partial charge on any atom is -0.481 e. The van der Waals surface area contributed by atoms with Crippen LogP contribution in [-0.2, 0) is 16.1 Å². The van der Waals surface area contributed by atoms with Gasteiger partial charge in [0.05, 0.1) is 6.04 Å². The van der Waals surface area contributed by atoms with Gasteiger partial charge in [-0.15, -0.1) is 0 Å². The van der Waals surface area contributed by atoms with Crippen molar-refractivity contribution in [3.63, 3.8) is 0 Å². The van der Waals surface area contributed by atoms with E-state index in [2.05, 4.69) is 10.3 Å². The fraction of sp³-hybridized carbons (Fsp3) is 0.333. The van der Waals surface area contributed by atoms with Crippen molar-refractivity contribution in [2.75, 3.05) is 0 Å². The molecule has 1 aromatic heterocycles. The number of carbonyl (C=O) groups excluding carboxylic acids is 1. The maximum atomic E-state index is 11.6. The van der Waals surface area contributed by atoms with Crippen LogP contribution in [-0.4, -0.2) is 39.1 Å². The average Bonchev–Trinajstić information content (AvgIpc) is 2.42. The number of amides is 1. The first-order chi connectivity index (χ1) is 9.40. The highest BCUT2D eigenvalue weighted by molar-refractivity contribution is 5.85. The summed E-state index contributed by atoms with van der Waals surface area (Å²) in [5.41, 5.74) is 6.06. The van der Waals surface area contributed by atoms with E-state index < -0.39 is 23.9 Å². The maximum Gasteiger partial charge on any atom is 0.354 e. The predicted molar refractivity (Wildman–Crippen MR) is 67.9 cm³/mol. The van der Waals surface area contributed by atoms with E-state index in [9.17, 15) is 14.4 Å². The van der Waals surface area contributed by atoms with Gasteiger partial charge in [0.2, 0.25) is 5.91 Å². The van der Waals surface area contributed by atoms with Gasteiger partial charge in [-0.2, -0.15) is 0 Å². The zero-order chi connectivity index (χ0) is 15.1. The van der Waals surface area contributed by atoms with Crippen LogP contribution in [0.5, 0.6) is 0 Å². The predicted octanol–water partition coefficient (Wildman–Crippen LogP) is -0.412. The Labute approximate surface area is 114 Å². The molecule has 0 aliphatic rings. The summed E-state index contributed by atoms with van der Waals surface area (Å²) in [6.07, 6.45) is 1.22. The van der Waals surface area contributed by atoms with Crippen molar-refractivity contribution in [3.05, 3.63) is 29.6 Å². The van der Waals surface area contributed by atoms with Crippen LogP contribution in [0.3, 0.4) is 0 Å². The van der Waals surface area contributed by atoms with Crippen LogP contribution < -0.4 is 11.1 Å². The SMILES string of the molecule is NC(CCC(=O)O)C(=O)NCc1ccc(C(=O)O)nc1. The molecule has 1 unspecified atom stereocenters. The van der Waals surface area contributed by atoms with Gasteiger partial charge in [-0.1, -0.05) is 6.07 Å². The van der Waals surface area contributed by atoms with Crippen LogP contribution in [0.15, 0.2) is 18.3 Å².